The second kappa shape index (κ2) is 9.34. The van der Waals surface area contributed by atoms with Gasteiger partial charge in [-0.3, -0.25) is 4.79 Å². The number of carboxylic acids is 1. The van der Waals surface area contributed by atoms with Crippen molar-refractivity contribution >= 4 is 5.97 Å². The molecule has 0 amide bonds. The highest BCUT2D eigenvalue weighted by atomic mass is 16.5. The Balaban J connectivity index is 2.08. The van der Waals surface area contributed by atoms with E-state index >= 15 is 0 Å². The molecule has 18 heavy (non-hydrogen) atoms. The van der Waals surface area contributed by atoms with Crippen LogP contribution in [0.2, 0.25) is 0 Å². The molecule has 3 N–H and O–H groups in total. The molecule has 1 saturated heterocycles. The topological polar surface area (TPSA) is 72.5 Å². The Labute approximate surface area is 110 Å². The molecule has 0 radical (unpaired) electrons. The van der Waals surface area contributed by atoms with Crippen LogP contribution in [-0.2, 0) is 9.53 Å². The maximum absolute atomic E-state index is 11.0. The zero-order valence-corrected chi connectivity index (χ0v) is 11.3. The van der Waals surface area contributed by atoms with Gasteiger partial charge in [0.25, 0.3) is 0 Å². The Kier molecular flexibility index (Phi) is 8.01. The molecule has 4 nitrogen and oxygen atoms in total. The van der Waals surface area contributed by atoms with Crippen molar-refractivity contribution in [2.45, 2.75) is 51.4 Å². The van der Waals surface area contributed by atoms with Gasteiger partial charge in [0.1, 0.15) is 0 Å². The lowest BCUT2D eigenvalue weighted by molar-refractivity contribution is -0.142. The van der Waals surface area contributed by atoms with Crippen LogP contribution >= 0.6 is 0 Å². The number of rotatable bonds is 9. The van der Waals surface area contributed by atoms with Crippen LogP contribution in [-0.4, -0.2) is 30.8 Å². The van der Waals surface area contributed by atoms with Crippen LogP contribution in [0.5, 0.6) is 0 Å². The maximum Gasteiger partial charge on any atom is 0.306 e. The average Bonchev–Trinajstić information content (AvgIpc) is 2.38. The third kappa shape index (κ3) is 6.36. The van der Waals surface area contributed by atoms with Gasteiger partial charge in [0.05, 0.1) is 5.92 Å². The Hall–Kier alpha value is -0.610. The summed E-state index contributed by atoms with van der Waals surface area (Å²) in [6.07, 6.45) is 8.10. The minimum absolute atomic E-state index is 0.191. The van der Waals surface area contributed by atoms with Crippen LogP contribution in [0.3, 0.4) is 0 Å². The first-order valence-corrected chi connectivity index (χ1v) is 7.24. The van der Waals surface area contributed by atoms with Crippen LogP contribution in [0, 0.1) is 11.8 Å². The first kappa shape index (κ1) is 15.4. The molecular weight excluding hydrogens is 230 g/mol. The van der Waals surface area contributed by atoms with E-state index in [4.69, 9.17) is 15.6 Å². The fourth-order valence-corrected chi connectivity index (χ4v) is 2.61. The molecule has 1 aliphatic heterocycles. The van der Waals surface area contributed by atoms with Crippen molar-refractivity contribution < 1.29 is 14.6 Å². The molecule has 1 fully saturated rings. The van der Waals surface area contributed by atoms with E-state index in [1.54, 1.807) is 0 Å². The molecule has 0 spiro atoms. The van der Waals surface area contributed by atoms with Crippen LogP contribution in [0.1, 0.15) is 51.4 Å². The fraction of sp³-hybridized carbons (Fsp3) is 0.929. The summed E-state index contributed by atoms with van der Waals surface area (Å²) < 4.78 is 5.33. The number of ether oxygens (including phenoxy) is 1. The van der Waals surface area contributed by atoms with Crippen molar-refractivity contribution in [3.05, 3.63) is 0 Å². The SMILES string of the molecule is NCCCC(CCCCC1CCOCC1)C(=O)O. The molecular formula is C14H27NO3. The largest absolute Gasteiger partial charge is 0.481 e. The molecule has 1 atom stereocenters. The number of hydrogen-bond donors (Lipinski definition) is 2. The monoisotopic (exact) mass is 257 g/mol. The molecule has 0 bridgehead atoms. The molecule has 0 saturated carbocycles. The zero-order valence-electron chi connectivity index (χ0n) is 11.3. The standard InChI is InChI=1S/C14H27NO3/c15-9-3-6-13(14(16)17)5-2-1-4-12-7-10-18-11-8-12/h12-13H,1-11,15H2,(H,16,17). The number of nitrogens with two attached hydrogens (primary N) is 1. The van der Waals surface area contributed by atoms with Crippen LogP contribution in [0.15, 0.2) is 0 Å². The van der Waals surface area contributed by atoms with E-state index in [9.17, 15) is 4.79 Å². The van der Waals surface area contributed by atoms with Crippen molar-refractivity contribution in [2.24, 2.45) is 17.6 Å². The molecule has 1 rings (SSSR count). The van der Waals surface area contributed by atoms with Gasteiger partial charge in [-0.05, 0) is 44.6 Å². The Morgan fingerprint density at radius 3 is 2.50 bits per heavy atom. The lowest BCUT2D eigenvalue weighted by Gasteiger charge is -2.22. The summed E-state index contributed by atoms with van der Waals surface area (Å²) in [5.41, 5.74) is 5.42. The van der Waals surface area contributed by atoms with Gasteiger partial charge in [-0.25, -0.2) is 0 Å². The van der Waals surface area contributed by atoms with E-state index < -0.39 is 5.97 Å². The molecule has 106 valence electrons. The van der Waals surface area contributed by atoms with Gasteiger partial charge in [-0.1, -0.05) is 19.3 Å². The molecule has 1 unspecified atom stereocenters. The number of hydrogen-bond acceptors (Lipinski definition) is 3. The second-order valence-electron chi connectivity index (χ2n) is 5.31. The van der Waals surface area contributed by atoms with Crippen LogP contribution in [0.4, 0.5) is 0 Å². The van der Waals surface area contributed by atoms with Crippen molar-refractivity contribution in [1.29, 1.82) is 0 Å². The van der Waals surface area contributed by atoms with Gasteiger partial charge in [0.15, 0.2) is 0 Å². The third-order valence-electron chi connectivity index (χ3n) is 3.86. The number of aliphatic carboxylic acids is 1. The molecule has 0 aromatic carbocycles. The summed E-state index contributed by atoms with van der Waals surface area (Å²) in [5, 5.41) is 9.09. The first-order chi connectivity index (χ1) is 8.74. The van der Waals surface area contributed by atoms with Gasteiger partial charge in [0.2, 0.25) is 0 Å². The molecule has 4 heteroatoms. The Bertz CT molecular complexity index is 227. The summed E-state index contributed by atoms with van der Waals surface area (Å²) in [5.74, 6) is -0.0520. The Morgan fingerprint density at radius 2 is 1.89 bits per heavy atom. The molecule has 1 heterocycles. The lowest BCUT2D eigenvalue weighted by atomic mass is 9.91. The predicted octanol–water partition coefficient (Wildman–Crippen LogP) is 2.41. The lowest BCUT2D eigenvalue weighted by Crippen LogP contribution is -2.17. The summed E-state index contributed by atoms with van der Waals surface area (Å²) in [6, 6.07) is 0. The highest BCUT2D eigenvalue weighted by Crippen LogP contribution is 2.23. The van der Waals surface area contributed by atoms with Crippen LogP contribution < -0.4 is 5.73 Å². The van der Waals surface area contributed by atoms with Gasteiger partial charge in [-0.2, -0.15) is 0 Å². The zero-order chi connectivity index (χ0) is 13.2. The molecule has 0 aromatic rings. The summed E-state index contributed by atoms with van der Waals surface area (Å²) in [7, 11) is 0. The van der Waals surface area contributed by atoms with E-state index in [0.717, 1.165) is 51.2 Å². The molecule has 0 aliphatic carbocycles. The highest BCUT2D eigenvalue weighted by Gasteiger charge is 2.17. The Morgan fingerprint density at radius 1 is 1.22 bits per heavy atom. The van der Waals surface area contributed by atoms with E-state index in [-0.39, 0.29) is 5.92 Å². The quantitative estimate of drug-likeness (QED) is 0.622. The fourth-order valence-electron chi connectivity index (χ4n) is 2.61. The van der Waals surface area contributed by atoms with Gasteiger partial charge >= 0.3 is 5.97 Å². The first-order valence-electron chi connectivity index (χ1n) is 7.24. The predicted molar refractivity (Wildman–Crippen MR) is 71.4 cm³/mol. The molecule has 1 aliphatic rings. The summed E-state index contributed by atoms with van der Waals surface area (Å²) in [4.78, 5) is 11.0. The minimum Gasteiger partial charge on any atom is -0.481 e. The normalized spacial score (nSPS) is 18.7. The number of carboxylic acid groups (broad SMARTS) is 1. The minimum atomic E-state index is -0.658. The number of carbonyl (C=O) groups is 1. The van der Waals surface area contributed by atoms with Crippen molar-refractivity contribution in [1.82, 2.24) is 0 Å². The van der Waals surface area contributed by atoms with E-state index in [1.165, 1.54) is 19.3 Å². The van der Waals surface area contributed by atoms with Crippen molar-refractivity contribution in [2.75, 3.05) is 19.8 Å². The second-order valence-corrected chi connectivity index (χ2v) is 5.31. The maximum atomic E-state index is 11.0. The third-order valence-corrected chi connectivity index (χ3v) is 3.86. The number of unbranched alkanes of at least 4 members (excludes halogenated alkanes) is 1. The van der Waals surface area contributed by atoms with Gasteiger partial charge in [-0.15, -0.1) is 0 Å². The van der Waals surface area contributed by atoms with Gasteiger partial charge < -0.3 is 15.6 Å². The average molecular weight is 257 g/mol. The van der Waals surface area contributed by atoms with E-state index in [0.29, 0.717) is 6.54 Å². The molecule has 0 aromatic heterocycles. The smallest absolute Gasteiger partial charge is 0.306 e. The van der Waals surface area contributed by atoms with Crippen molar-refractivity contribution in [3.63, 3.8) is 0 Å². The van der Waals surface area contributed by atoms with Crippen LogP contribution in [0.25, 0.3) is 0 Å². The summed E-state index contributed by atoms with van der Waals surface area (Å²) >= 11 is 0. The van der Waals surface area contributed by atoms with Crippen molar-refractivity contribution in [3.8, 4) is 0 Å². The highest BCUT2D eigenvalue weighted by molar-refractivity contribution is 5.69. The van der Waals surface area contributed by atoms with E-state index in [2.05, 4.69) is 0 Å². The van der Waals surface area contributed by atoms with Gasteiger partial charge in [0, 0.05) is 13.2 Å². The van der Waals surface area contributed by atoms with E-state index in [1.807, 2.05) is 0 Å². The summed E-state index contributed by atoms with van der Waals surface area (Å²) in [6.45, 7) is 2.39.